The van der Waals surface area contributed by atoms with Crippen LogP contribution in [0.5, 0.6) is 0 Å². The van der Waals surface area contributed by atoms with E-state index in [0.717, 1.165) is 0 Å². The van der Waals surface area contributed by atoms with Gasteiger partial charge in [-0.15, -0.1) is 0 Å². The van der Waals surface area contributed by atoms with E-state index in [9.17, 15) is 0 Å². The second kappa shape index (κ2) is 18.1. The van der Waals surface area contributed by atoms with Crippen LogP contribution in [-0.2, 0) is 79.7 Å². The molecule has 0 unspecified atom stereocenters. The molecular formula is MoOReY+5. The van der Waals surface area contributed by atoms with Gasteiger partial charge in [-0.3, -0.25) is 0 Å². The first-order valence-electron chi connectivity index (χ1n) is 0. The van der Waals surface area contributed by atoms with E-state index in [1.54, 1.807) is 0 Å². The van der Waals surface area contributed by atoms with Gasteiger partial charge in [-0.2, -0.15) is 0 Å². The second-order valence-corrected chi connectivity index (χ2v) is 0. The summed E-state index contributed by atoms with van der Waals surface area (Å²) >= 11 is 0. The van der Waals surface area contributed by atoms with Crippen LogP contribution in [0, 0.1) is 0 Å². The molecule has 0 saturated heterocycles. The van der Waals surface area contributed by atoms with Crippen LogP contribution in [-0.4, -0.2) is 0 Å². The van der Waals surface area contributed by atoms with E-state index < -0.39 is 0 Å². The van der Waals surface area contributed by atoms with E-state index in [2.05, 4.69) is 0 Å². The zero-order chi connectivity index (χ0) is 0. The Bertz CT molecular complexity index is 8.00. The first-order chi connectivity index (χ1) is 0. The van der Waals surface area contributed by atoms with Crippen molar-refractivity contribution in [2.45, 2.75) is 0 Å². The predicted octanol–water partition coefficient (Wildman–Crippen LogP) is -0.126. The van der Waals surface area contributed by atoms with Crippen molar-refractivity contribution in [3.63, 3.8) is 0 Å². The Hall–Kier alpha value is 2.41. The molecule has 0 amide bonds. The maximum atomic E-state index is 0. The van der Waals surface area contributed by atoms with Crippen LogP contribution in [0.25, 0.3) is 0 Å². The van der Waals surface area contributed by atoms with E-state index >= 15 is 0 Å². The summed E-state index contributed by atoms with van der Waals surface area (Å²) in [7, 11) is 0. The zero-order valence-electron chi connectivity index (χ0n) is 1.77. The van der Waals surface area contributed by atoms with Gasteiger partial charge in [-0.1, -0.05) is 0 Å². The van der Waals surface area contributed by atoms with Gasteiger partial charge in [0.1, 0.15) is 0 Å². The summed E-state index contributed by atoms with van der Waals surface area (Å²) in [6.07, 6.45) is 0. The van der Waals surface area contributed by atoms with Crippen LogP contribution in [0.3, 0.4) is 0 Å². The van der Waals surface area contributed by atoms with E-state index in [-0.39, 0.29) is 79.7 Å². The summed E-state index contributed by atoms with van der Waals surface area (Å²) in [5.74, 6) is 0. The summed E-state index contributed by atoms with van der Waals surface area (Å²) in [4.78, 5) is 0. The number of hydrogen-bond acceptors (Lipinski definition) is 0. The molecule has 0 aromatic heterocycles. The Morgan fingerprint density at radius 3 is 1.00 bits per heavy atom. The minimum absolute atomic E-state index is 0. The van der Waals surface area contributed by atoms with Crippen LogP contribution in [0.4, 0.5) is 0 Å². The molecule has 0 aliphatic rings. The van der Waals surface area contributed by atoms with Crippen molar-refractivity contribution in [2.75, 3.05) is 0 Å². The fourth-order valence-corrected chi connectivity index (χ4v) is 0. The zero-order valence-corrected chi connectivity index (χ0v) is 9.33. The van der Waals surface area contributed by atoms with Gasteiger partial charge < -0.3 is 5.48 Å². The maximum absolute atomic E-state index is 0. The van der Waals surface area contributed by atoms with Gasteiger partial charge >= 0.3 is 53.8 Å². The molecule has 0 heterocycles. The first kappa shape index (κ1) is 32.3. The standard InChI is InChI=1S/Mo.O.Re.Y/q+4;-2;;+3. The molecule has 0 atom stereocenters. The van der Waals surface area contributed by atoms with Gasteiger partial charge in [0.2, 0.25) is 0 Å². The van der Waals surface area contributed by atoms with Crippen LogP contribution < -0.4 is 0 Å². The molecule has 1 nitrogen and oxygen atoms in total. The van der Waals surface area contributed by atoms with E-state index in [1.165, 1.54) is 0 Å². The van der Waals surface area contributed by atoms with Gasteiger partial charge in [0, 0.05) is 20.4 Å². The van der Waals surface area contributed by atoms with Gasteiger partial charge in [0.15, 0.2) is 0 Å². The van der Waals surface area contributed by atoms with Crippen molar-refractivity contribution in [1.29, 1.82) is 0 Å². The minimum atomic E-state index is 0. The molecule has 4 heteroatoms. The van der Waals surface area contributed by atoms with E-state index in [0.29, 0.717) is 0 Å². The predicted molar refractivity (Wildman–Crippen MR) is 0.686 cm³/mol. The Labute approximate surface area is 78.4 Å². The molecule has 17 valence electrons. The summed E-state index contributed by atoms with van der Waals surface area (Å²) in [5, 5.41) is 0. The van der Waals surface area contributed by atoms with E-state index in [4.69, 9.17) is 0 Å². The molecule has 0 aliphatic heterocycles. The van der Waals surface area contributed by atoms with Gasteiger partial charge in [-0.25, -0.2) is 0 Å². The van der Waals surface area contributed by atoms with Gasteiger partial charge in [-0.05, 0) is 0 Å². The molecule has 0 spiro atoms. The summed E-state index contributed by atoms with van der Waals surface area (Å²) < 4.78 is 0. The van der Waals surface area contributed by atoms with Crippen molar-refractivity contribution in [3.8, 4) is 0 Å². The summed E-state index contributed by atoms with van der Waals surface area (Å²) in [6, 6.07) is 0. The van der Waals surface area contributed by atoms with Crippen molar-refractivity contribution in [1.82, 2.24) is 0 Å². The SMILES string of the molecule is [Mo+4].[O-2].[Re].[Y+3]. The van der Waals surface area contributed by atoms with Crippen LogP contribution in [0.15, 0.2) is 0 Å². The fraction of sp³-hybridized carbons (Fsp3) is 0. The molecule has 4 heavy (non-hydrogen) atoms. The Morgan fingerprint density at radius 2 is 1.00 bits per heavy atom. The van der Waals surface area contributed by atoms with Crippen molar-refractivity contribution in [3.05, 3.63) is 0 Å². The quantitative estimate of drug-likeness (QED) is 0.519. The average Bonchev–Trinajstić information content (AvgIpc) is 0. The fourth-order valence-electron chi connectivity index (χ4n) is 0. The molecule has 1 radical (unpaired) electrons. The smallest absolute Gasteiger partial charge is 2.00 e. The van der Waals surface area contributed by atoms with Crippen molar-refractivity contribution < 1.29 is 79.7 Å². The van der Waals surface area contributed by atoms with Gasteiger partial charge in [0.25, 0.3) is 0 Å². The van der Waals surface area contributed by atoms with E-state index in [1.807, 2.05) is 0 Å². The average molecular weight is 387 g/mol. The third-order valence-corrected chi connectivity index (χ3v) is 0. The minimum Gasteiger partial charge on any atom is -2.00 e. The van der Waals surface area contributed by atoms with Crippen molar-refractivity contribution in [2.24, 2.45) is 0 Å². The summed E-state index contributed by atoms with van der Waals surface area (Å²) in [5.41, 5.74) is 0. The Morgan fingerprint density at radius 1 is 1.00 bits per heavy atom. The molecule has 0 rings (SSSR count). The Kier molecular flexibility index (Phi) is 146. The molecule has 0 fully saturated rings. The van der Waals surface area contributed by atoms with Crippen molar-refractivity contribution >= 4 is 0 Å². The molecular weight excluding hydrogens is 387 g/mol. The third-order valence-electron chi connectivity index (χ3n) is 0. The second-order valence-electron chi connectivity index (χ2n) is 0. The normalized spacial score (nSPS) is 0. The monoisotopic (exact) mass is 390 g/mol. The van der Waals surface area contributed by atoms with Crippen LogP contribution in [0.2, 0.25) is 0 Å². The maximum Gasteiger partial charge on any atom is 4.00 e. The number of rotatable bonds is 0. The molecule has 0 bridgehead atoms. The third kappa shape index (κ3) is 8.83. The Balaban J connectivity index is 0. The summed E-state index contributed by atoms with van der Waals surface area (Å²) in [6.45, 7) is 0. The van der Waals surface area contributed by atoms with Crippen LogP contribution in [0.1, 0.15) is 0 Å². The molecule has 0 saturated carbocycles. The molecule has 0 N–H and O–H groups in total. The molecule has 0 aromatic carbocycles. The topological polar surface area (TPSA) is 28.5 Å². The molecule has 0 aliphatic carbocycles. The number of hydrogen-bond donors (Lipinski definition) is 0. The van der Waals surface area contributed by atoms with Crippen LogP contribution >= 0.6 is 0 Å². The largest absolute Gasteiger partial charge is 4.00 e. The molecule has 0 aromatic rings. The van der Waals surface area contributed by atoms with Gasteiger partial charge in [0.05, 0.1) is 0 Å². The first-order valence-corrected chi connectivity index (χ1v) is 0.